The molecule has 0 saturated heterocycles. The van der Waals surface area contributed by atoms with Crippen molar-refractivity contribution in [1.29, 1.82) is 0 Å². The molecule has 0 aliphatic heterocycles. The highest BCUT2D eigenvalue weighted by Crippen LogP contribution is 2.71. The van der Waals surface area contributed by atoms with Gasteiger partial charge >= 0.3 is 0 Å². The van der Waals surface area contributed by atoms with Crippen LogP contribution >= 0.6 is 0 Å². The summed E-state index contributed by atoms with van der Waals surface area (Å²) in [5.41, 5.74) is 2.84. The molecule has 0 aromatic heterocycles. The van der Waals surface area contributed by atoms with Crippen molar-refractivity contribution in [2.75, 3.05) is 0 Å². The largest absolute Gasteiger partial charge is 0.0622 e. The fourth-order valence-corrected chi connectivity index (χ4v) is 7.77. The van der Waals surface area contributed by atoms with E-state index in [0.29, 0.717) is 0 Å². The number of hydrogen-bond acceptors (Lipinski definition) is 0. The van der Waals surface area contributed by atoms with E-state index in [9.17, 15) is 0 Å². The van der Waals surface area contributed by atoms with E-state index in [-0.39, 0.29) is 27.1 Å². The van der Waals surface area contributed by atoms with Crippen LogP contribution in [-0.2, 0) is 5.41 Å². The second-order valence-electron chi connectivity index (χ2n) is 11.4. The van der Waals surface area contributed by atoms with Gasteiger partial charge in [-0.3, -0.25) is 0 Å². The molecule has 2 aromatic rings. The van der Waals surface area contributed by atoms with Crippen molar-refractivity contribution in [2.45, 2.75) is 74.7 Å². The topological polar surface area (TPSA) is 0 Å². The third-order valence-electron chi connectivity index (χ3n) is 6.83. The highest BCUT2D eigenvalue weighted by atomic mass is 14.7. The highest BCUT2D eigenvalue weighted by Gasteiger charge is 2.67. The number of rotatable bonds is 3. The Morgan fingerprint density at radius 2 is 0.667 bits per heavy atom. The van der Waals surface area contributed by atoms with E-state index in [2.05, 4.69) is 130 Å². The van der Waals surface area contributed by atoms with E-state index in [1.54, 1.807) is 0 Å². The lowest BCUT2D eigenvalue weighted by molar-refractivity contribution is -0.165. The van der Waals surface area contributed by atoms with E-state index in [4.69, 9.17) is 0 Å². The second-order valence-corrected chi connectivity index (χ2v) is 11.4. The van der Waals surface area contributed by atoms with Crippen molar-refractivity contribution in [3.8, 4) is 0 Å². The van der Waals surface area contributed by atoms with Crippen LogP contribution in [0.25, 0.3) is 0 Å². The molecule has 0 radical (unpaired) electrons. The van der Waals surface area contributed by atoms with Crippen molar-refractivity contribution in [1.82, 2.24) is 0 Å². The predicted octanol–water partition coefficient (Wildman–Crippen LogP) is 8.12. The first-order chi connectivity index (χ1) is 12.2. The summed E-state index contributed by atoms with van der Waals surface area (Å²) < 4.78 is 0. The zero-order chi connectivity index (χ0) is 20.7. The van der Waals surface area contributed by atoms with Crippen LogP contribution in [0.2, 0.25) is 0 Å². The molecule has 2 rings (SSSR count). The molecule has 0 nitrogen and oxygen atoms in total. The zero-order valence-corrected chi connectivity index (χ0v) is 19.3. The van der Waals surface area contributed by atoms with Crippen molar-refractivity contribution < 1.29 is 0 Å². The summed E-state index contributed by atoms with van der Waals surface area (Å²) in [6.07, 6.45) is 0. The Bertz CT molecular complexity index is 655. The van der Waals surface area contributed by atoms with E-state index in [1.165, 1.54) is 11.1 Å². The molecule has 0 aliphatic rings. The summed E-state index contributed by atoms with van der Waals surface area (Å²) in [4.78, 5) is 0. The van der Waals surface area contributed by atoms with Gasteiger partial charge in [-0.25, -0.2) is 0 Å². The third-order valence-corrected chi connectivity index (χ3v) is 6.83. The van der Waals surface area contributed by atoms with Crippen molar-refractivity contribution in [3.05, 3.63) is 71.8 Å². The van der Waals surface area contributed by atoms with E-state index in [1.807, 2.05) is 0 Å². The lowest BCUT2D eigenvalue weighted by Gasteiger charge is -2.69. The van der Waals surface area contributed by atoms with Gasteiger partial charge in [0.1, 0.15) is 0 Å². The van der Waals surface area contributed by atoms with Gasteiger partial charge in [0.15, 0.2) is 0 Å². The summed E-state index contributed by atoms with van der Waals surface area (Å²) in [7, 11) is 0. The quantitative estimate of drug-likeness (QED) is 0.516. The van der Waals surface area contributed by atoms with Gasteiger partial charge in [-0.15, -0.1) is 0 Å². The van der Waals surface area contributed by atoms with Crippen molar-refractivity contribution in [2.24, 2.45) is 21.7 Å². The zero-order valence-electron chi connectivity index (χ0n) is 19.3. The molecular formula is C27H40. The summed E-state index contributed by atoms with van der Waals surface area (Å²) >= 11 is 0. The average molecular weight is 365 g/mol. The predicted molar refractivity (Wildman–Crippen MR) is 120 cm³/mol. The Balaban J connectivity index is 3.11. The van der Waals surface area contributed by atoms with Crippen LogP contribution in [0.15, 0.2) is 60.7 Å². The van der Waals surface area contributed by atoms with E-state index in [0.717, 1.165) is 0 Å². The Kier molecular flexibility index (Phi) is 5.47. The van der Waals surface area contributed by atoms with Crippen LogP contribution in [0.3, 0.4) is 0 Å². The minimum atomic E-state index is -0.149. The molecule has 0 N–H and O–H groups in total. The summed E-state index contributed by atoms with van der Waals surface area (Å²) in [5.74, 6) is 0. The first kappa shape index (κ1) is 21.7. The van der Waals surface area contributed by atoms with Crippen LogP contribution in [0.5, 0.6) is 0 Å². The smallest absolute Gasteiger partial charge is 0.0245 e. The Hall–Kier alpha value is -1.56. The summed E-state index contributed by atoms with van der Waals surface area (Å²) in [5, 5.41) is 0. The molecule has 0 spiro atoms. The molecule has 0 unspecified atom stereocenters. The lowest BCUT2D eigenvalue weighted by atomic mass is 9.34. The van der Waals surface area contributed by atoms with E-state index >= 15 is 0 Å². The van der Waals surface area contributed by atoms with Crippen molar-refractivity contribution >= 4 is 0 Å². The number of benzene rings is 2. The van der Waals surface area contributed by atoms with Gasteiger partial charge in [0.25, 0.3) is 0 Å². The van der Waals surface area contributed by atoms with Gasteiger partial charge in [-0.1, -0.05) is 130 Å². The van der Waals surface area contributed by atoms with Gasteiger partial charge < -0.3 is 0 Å². The normalized spacial score (nSPS) is 14.3. The van der Waals surface area contributed by atoms with Gasteiger partial charge in [0.2, 0.25) is 0 Å². The first-order valence-electron chi connectivity index (χ1n) is 10.3. The standard InChI is InChI=1S/C27H40/c1-23(2,3)27(24(4,5)6,25(7,8)9)26(10,21-17-13-11-14-18-21)22-19-15-12-16-20-22/h11-20H,1-10H3. The summed E-state index contributed by atoms with van der Waals surface area (Å²) in [6, 6.07) is 22.3. The molecule has 148 valence electrons. The van der Waals surface area contributed by atoms with Gasteiger partial charge in [0, 0.05) is 5.41 Å². The Morgan fingerprint density at radius 3 is 0.889 bits per heavy atom. The maximum Gasteiger partial charge on any atom is 0.0245 e. The SMILES string of the molecule is CC(C)(C)C(C(C)(C)C)(C(C)(C)C)C(C)(c1ccccc1)c1ccccc1. The fourth-order valence-electron chi connectivity index (χ4n) is 7.77. The molecule has 2 aromatic carbocycles. The molecular weight excluding hydrogens is 324 g/mol. The van der Waals surface area contributed by atoms with Crippen molar-refractivity contribution in [3.63, 3.8) is 0 Å². The first-order valence-corrected chi connectivity index (χ1v) is 10.3. The number of hydrogen-bond donors (Lipinski definition) is 0. The maximum absolute atomic E-state index is 2.49. The van der Waals surface area contributed by atoms with Crippen LogP contribution in [0.1, 0.15) is 80.4 Å². The minimum Gasteiger partial charge on any atom is -0.0622 e. The van der Waals surface area contributed by atoms with E-state index < -0.39 is 0 Å². The van der Waals surface area contributed by atoms with Gasteiger partial charge in [0.05, 0.1) is 0 Å². The molecule has 0 saturated carbocycles. The monoisotopic (exact) mass is 364 g/mol. The summed E-state index contributed by atoms with van der Waals surface area (Å²) in [6.45, 7) is 24.4. The Labute approximate surface area is 168 Å². The molecule has 0 bridgehead atoms. The lowest BCUT2D eigenvalue weighted by Crippen LogP contribution is -2.65. The third kappa shape index (κ3) is 3.16. The molecule has 0 aliphatic carbocycles. The average Bonchev–Trinajstić information content (AvgIpc) is 2.52. The maximum atomic E-state index is 2.49. The molecule has 0 amide bonds. The minimum absolute atomic E-state index is 0.0251. The molecule has 0 heteroatoms. The molecule has 0 atom stereocenters. The molecule has 27 heavy (non-hydrogen) atoms. The highest BCUT2D eigenvalue weighted by molar-refractivity contribution is 5.44. The molecule has 0 fully saturated rings. The van der Waals surface area contributed by atoms with Crippen LogP contribution in [0, 0.1) is 21.7 Å². The van der Waals surface area contributed by atoms with Crippen LogP contribution < -0.4 is 0 Å². The second kappa shape index (κ2) is 6.80. The molecule has 0 heterocycles. The van der Waals surface area contributed by atoms with Gasteiger partial charge in [-0.05, 0) is 32.8 Å². The fraction of sp³-hybridized carbons (Fsp3) is 0.556. The van der Waals surface area contributed by atoms with Crippen LogP contribution in [-0.4, -0.2) is 0 Å². The Morgan fingerprint density at radius 1 is 0.407 bits per heavy atom. The van der Waals surface area contributed by atoms with Gasteiger partial charge in [-0.2, -0.15) is 0 Å². The van der Waals surface area contributed by atoms with Crippen LogP contribution in [0.4, 0.5) is 0 Å².